The summed E-state index contributed by atoms with van der Waals surface area (Å²) in [7, 11) is 0. The first-order chi connectivity index (χ1) is 6.00. The molecule has 0 aliphatic heterocycles. The standard InChI is InChI=1S/C5H8N6O2/c6-3-9-4(7)11(1-2(12)13)5(8)10-3/h1H2,(H,12,13)(H5,6,7,8,9,10). The van der Waals surface area contributed by atoms with E-state index in [4.69, 9.17) is 22.0 Å². The number of nitrogens with zero attached hydrogens (tertiary/aromatic N) is 3. The number of anilines is 2. The first-order valence-corrected chi connectivity index (χ1v) is 3.27. The topological polar surface area (TPSA) is 144 Å². The summed E-state index contributed by atoms with van der Waals surface area (Å²) in [5.74, 6) is -1.41. The van der Waals surface area contributed by atoms with Gasteiger partial charge in [0.1, 0.15) is 6.54 Å². The summed E-state index contributed by atoms with van der Waals surface area (Å²) in [5.41, 5.74) is 10.2. The fraction of sp³-hybridized carbons (Fsp3) is 0.200. The van der Waals surface area contributed by atoms with E-state index in [2.05, 4.69) is 9.97 Å². The molecule has 1 rings (SSSR count). The number of carbonyl (C=O) groups is 1. The molecule has 13 heavy (non-hydrogen) atoms. The zero-order valence-corrected chi connectivity index (χ0v) is 6.56. The minimum Gasteiger partial charge on any atom is -0.480 e. The Balaban J connectivity index is 3.21. The van der Waals surface area contributed by atoms with Gasteiger partial charge in [-0.15, -0.1) is 0 Å². The number of aliphatic carboxylic acids is 1. The van der Waals surface area contributed by atoms with Crippen molar-refractivity contribution in [3.8, 4) is 0 Å². The molecule has 1 aromatic rings. The van der Waals surface area contributed by atoms with Crippen LogP contribution in [0.25, 0.3) is 0 Å². The number of nitrogens with two attached hydrogens (primary N) is 2. The van der Waals surface area contributed by atoms with Crippen LogP contribution in [0.4, 0.5) is 11.9 Å². The Morgan fingerprint density at radius 3 is 2.62 bits per heavy atom. The third-order valence-electron chi connectivity index (χ3n) is 1.28. The molecule has 8 heteroatoms. The van der Waals surface area contributed by atoms with Gasteiger partial charge < -0.3 is 16.6 Å². The number of nitrogens with one attached hydrogen (secondary N) is 1. The van der Waals surface area contributed by atoms with Crippen LogP contribution >= 0.6 is 0 Å². The molecule has 70 valence electrons. The van der Waals surface area contributed by atoms with Crippen molar-refractivity contribution in [3.05, 3.63) is 5.62 Å². The average Bonchev–Trinajstić information content (AvgIpc) is 1.96. The highest BCUT2D eigenvalue weighted by molar-refractivity contribution is 5.66. The lowest BCUT2D eigenvalue weighted by atomic mass is 10.6. The molecule has 1 heterocycles. The van der Waals surface area contributed by atoms with Crippen molar-refractivity contribution < 1.29 is 9.90 Å². The summed E-state index contributed by atoms with van der Waals surface area (Å²) in [5, 5.41) is 15.7. The molecule has 0 radical (unpaired) electrons. The predicted octanol–water partition coefficient (Wildman–Crippen LogP) is -1.99. The van der Waals surface area contributed by atoms with Crippen molar-refractivity contribution in [3.63, 3.8) is 0 Å². The summed E-state index contributed by atoms with van der Waals surface area (Å²) in [4.78, 5) is 17.3. The van der Waals surface area contributed by atoms with Crippen molar-refractivity contribution in [1.29, 1.82) is 5.41 Å². The lowest BCUT2D eigenvalue weighted by Gasteiger charge is -2.05. The molecule has 8 nitrogen and oxygen atoms in total. The minimum atomic E-state index is -1.13. The quantitative estimate of drug-likeness (QED) is 0.418. The predicted molar refractivity (Wildman–Crippen MR) is 42.3 cm³/mol. The van der Waals surface area contributed by atoms with Crippen LogP contribution in [0.1, 0.15) is 0 Å². The van der Waals surface area contributed by atoms with Crippen molar-refractivity contribution in [1.82, 2.24) is 14.5 Å². The Labute approximate surface area is 72.4 Å². The van der Waals surface area contributed by atoms with Crippen LogP contribution in [0.3, 0.4) is 0 Å². The number of nitrogen functional groups attached to an aromatic ring is 2. The van der Waals surface area contributed by atoms with Crippen LogP contribution in [-0.2, 0) is 11.3 Å². The molecule has 0 aliphatic carbocycles. The minimum absolute atomic E-state index is 0.139. The maximum absolute atomic E-state index is 10.3. The van der Waals surface area contributed by atoms with E-state index in [-0.39, 0.29) is 17.5 Å². The first-order valence-electron chi connectivity index (χ1n) is 3.27. The molecule has 0 aliphatic rings. The Hall–Kier alpha value is -2.12. The van der Waals surface area contributed by atoms with Crippen LogP contribution in [0.5, 0.6) is 0 Å². The molecule has 0 saturated heterocycles. The second kappa shape index (κ2) is 3.09. The third kappa shape index (κ3) is 1.92. The molecule has 6 N–H and O–H groups in total. The van der Waals surface area contributed by atoms with Gasteiger partial charge in [0.05, 0.1) is 0 Å². The SMILES string of the molecule is N=c1nc(N)nc(N)n1CC(=O)O. The Kier molecular flexibility index (Phi) is 2.13. The Bertz CT molecular complexity index is 397. The fourth-order valence-electron chi connectivity index (χ4n) is 0.771. The van der Waals surface area contributed by atoms with Crippen LogP contribution in [0.15, 0.2) is 0 Å². The number of carboxylic acid groups (broad SMARTS) is 1. The van der Waals surface area contributed by atoms with Gasteiger partial charge in [-0.3, -0.25) is 14.8 Å². The lowest BCUT2D eigenvalue weighted by molar-refractivity contribution is -0.137. The van der Waals surface area contributed by atoms with Crippen LogP contribution in [-0.4, -0.2) is 25.6 Å². The molecule has 0 aromatic carbocycles. The van der Waals surface area contributed by atoms with E-state index in [1.165, 1.54) is 0 Å². The van der Waals surface area contributed by atoms with E-state index in [1.807, 2.05) is 0 Å². The van der Waals surface area contributed by atoms with Gasteiger partial charge in [-0.2, -0.15) is 9.97 Å². The van der Waals surface area contributed by atoms with E-state index in [1.54, 1.807) is 0 Å². The number of hydrogen-bond acceptors (Lipinski definition) is 6. The highest BCUT2D eigenvalue weighted by Gasteiger charge is 2.06. The Morgan fingerprint density at radius 1 is 1.54 bits per heavy atom. The second-order valence-corrected chi connectivity index (χ2v) is 2.24. The smallest absolute Gasteiger partial charge is 0.323 e. The van der Waals surface area contributed by atoms with Gasteiger partial charge in [-0.1, -0.05) is 0 Å². The maximum Gasteiger partial charge on any atom is 0.323 e. The first kappa shape index (κ1) is 8.97. The van der Waals surface area contributed by atoms with Gasteiger partial charge in [0.15, 0.2) is 0 Å². The highest BCUT2D eigenvalue weighted by Crippen LogP contribution is 1.94. The number of carboxylic acids is 1. The van der Waals surface area contributed by atoms with Gasteiger partial charge in [0.25, 0.3) is 0 Å². The van der Waals surface area contributed by atoms with Crippen molar-refractivity contribution in [2.75, 3.05) is 11.5 Å². The Morgan fingerprint density at radius 2 is 2.15 bits per heavy atom. The summed E-state index contributed by atoms with van der Waals surface area (Å²) in [6.07, 6.45) is 0. The monoisotopic (exact) mass is 184 g/mol. The molecule has 0 saturated carbocycles. The van der Waals surface area contributed by atoms with Gasteiger partial charge >= 0.3 is 5.97 Å². The largest absolute Gasteiger partial charge is 0.480 e. The van der Waals surface area contributed by atoms with Crippen LogP contribution in [0.2, 0.25) is 0 Å². The van der Waals surface area contributed by atoms with Gasteiger partial charge in [0, 0.05) is 0 Å². The molecular formula is C5H8N6O2. The summed E-state index contributed by atoms with van der Waals surface area (Å²) in [6.45, 7) is -0.453. The molecular weight excluding hydrogens is 176 g/mol. The summed E-state index contributed by atoms with van der Waals surface area (Å²) < 4.78 is 0.929. The van der Waals surface area contributed by atoms with Gasteiger partial charge in [-0.25, -0.2) is 0 Å². The highest BCUT2D eigenvalue weighted by atomic mass is 16.4. The van der Waals surface area contributed by atoms with E-state index in [0.29, 0.717) is 0 Å². The fourth-order valence-corrected chi connectivity index (χ4v) is 0.771. The third-order valence-corrected chi connectivity index (χ3v) is 1.28. The van der Waals surface area contributed by atoms with E-state index >= 15 is 0 Å². The molecule has 0 unspecified atom stereocenters. The molecule has 1 aromatic heterocycles. The number of hydrogen-bond donors (Lipinski definition) is 4. The van der Waals surface area contributed by atoms with Crippen molar-refractivity contribution >= 4 is 17.9 Å². The van der Waals surface area contributed by atoms with Gasteiger partial charge in [-0.05, 0) is 0 Å². The second-order valence-electron chi connectivity index (χ2n) is 2.24. The molecule has 0 bridgehead atoms. The zero-order valence-electron chi connectivity index (χ0n) is 6.56. The molecule has 0 spiro atoms. The summed E-state index contributed by atoms with van der Waals surface area (Å²) >= 11 is 0. The van der Waals surface area contributed by atoms with Crippen molar-refractivity contribution in [2.45, 2.75) is 6.54 Å². The molecule has 0 amide bonds. The summed E-state index contributed by atoms with van der Waals surface area (Å²) in [6, 6.07) is 0. The molecule has 0 atom stereocenters. The number of rotatable bonds is 2. The maximum atomic E-state index is 10.3. The van der Waals surface area contributed by atoms with E-state index < -0.39 is 12.5 Å². The van der Waals surface area contributed by atoms with Crippen LogP contribution < -0.4 is 17.1 Å². The van der Waals surface area contributed by atoms with E-state index in [9.17, 15) is 4.79 Å². The van der Waals surface area contributed by atoms with Crippen LogP contribution in [0, 0.1) is 5.41 Å². The zero-order chi connectivity index (χ0) is 10.0. The lowest BCUT2D eigenvalue weighted by Crippen LogP contribution is -2.30. The van der Waals surface area contributed by atoms with Gasteiger partial charge in [0.2, 0.25) is 17.5 Å². The van der Waals surface area contributed by atoms with Crippen molar-refractivity contribution in [2.24, 2.45) is 0 Å². The average molecular weight is 184 g/mol. The normalized spacial score (nSPS) is 9.85. The molecule has 0 fully saturated rings. The van der Waals surface area contributed by atoms with E-state index in [0.717, 1.165) is 4.57 Å². The number of aromatic nitrogens is 3.